The van der Waals surface area contributed by atoms with Gasteiger partial charge in [-0.1, -0.05) is 41.9 Å². The Kier molecular flexibility index (Phi) is 5.61. The number of ether oxygens (including phenoxy) is 2. The van der Waals surface area contributed by atoms with Crippen LogP contribution in [-0.2, 0) is 13.1 Å². The van der Waals surface area contributed by atoms with Gasteiger partial charge in [-0.25, -0.2) is 4.98 Å². The maximum atomic E-state index is 13.4. The highest BCUT2D eigenvalue weighted by atomic mass is 35.5. The Bertz CT molecular complexity index is 1830. The van der Waals surface area contributed by atoms with Crippen LogP contribution in [0.1, 0.15) is 21.5 Å². The number of halogens is 1. The molecule has 0 spiro atoms. The number of nitrogens with zero attached hydrogens (tertiary/aromatic N) is 3. The normalized spacial score (nSPS) is 12.2. The molecule has 2 N–H and O–H groups in total. The Balaban J connectivity index is 1.45. The zero-order chi connectivity index (χ0) is 25.5. The van der Waals surface area contributed by atoms with Crippen molar-refractivity contribution in [3.05, 3.63) is 110 Å². The van der Waals surface area contributed by atoms with Gasteiger partial charge >= 0.3 is 0 Å². The molecule has 3 aromatic heterocycles. The standard InChI is InChI=1S/C27H20ClN5O4/c28-20-6-2-1-5-17(20)14-33-24(29)18(12-19-25(33)31-23-7-3-4-10-32(23)27(19)35)26(34)30-13-16-8-9-21-22(11-16)37-15-36-21/h1-12,29H,13-15H2,(H,30,34). The van der Waals surface area contributed by atoms with E-state index >= 15 is 0 Å². The lowest BCUT2D eigenvalue weighted by atomic mass is 10.1. The lowest BCUT2D eigenvalue weighted by molar-refractivity contribution is 0.0948. The Morgan fingerprint density at radius 1 is 1.05 bits per heavy atom. The minimum Gasteiger partial charge on any atom is -0.454 e. The van der Waals surface area contributed by atoms with Crippen LogP contribution in [0.4, 0.5) is 0 Å². The number of carbonyl (C=O) groups is 1. The van der Waals surface area contributed by atoms with Crippen LogP contribution >= 0.6 is 11.6 Å². The van der Waals surface area contributed by atoms with Gasteiger partial charge < -0.3 is 19.4 Å². The van der Waals surface area contributed by atoms with Crippen molar-refractivity contribution in [2.24, 2.45) is 0 Å². The molecule has 9 nitrogen and oxygen atoms in total. The van der Waals surface area contributed by atoms with Gasteiger partial charge in [0, 0.05) is 17.8 Å². The van der Waals surface area contributed by atoms with Gasteiger partial charge in [-0.2, -0.15) is 0 Å². The third kappa shape index (κ3) is 4.09. The van der Waals surface area contributed by atoms with Gasteiger partial charge in [0.25, 0.3) is 11.5 Å². The van der Waals surface area contributed by atoms with E-state index in [2.05, 4.69) is 10.3 Å². The first-order valence-electron chi connectivity index (χ1n) is 11.5. The lowest BCUT2D eigenvalue weighted by Crippen LogP contribution is -2.35. The van der Waals surface area contributed by atoms with Crippen molar-refractivity contribution in [2.45, 2.75) is 13.1 Å². The molecule has 10 heteroatoms. The molecule has 5 aromatic rings. The third-order valence-electron chi connectivity index (χ3n) is 6.24. The lowest BCUT2D eigenvalue weighted by Gasteiger charge is -2.15. The molecule has 4 heterocycles. The summed E-state index contributed by atoms with van der Waals surface area (Å²) in [6.45, 7) is 0.522. The second kappa shape index (κ2) is 9.11. The van der Waals surface area contributed by atoms with Gasteiger partial charge in [0.2, 0.25) is 6.79 Å². The van der Waals surface area contributed by atoms with Gasteiger partial charge in [0.05, 0.1) is 17.5 Å². The van der Waals surface area contributed by atoms with Crippen molar-refractivity contribution in [1.29, 1.82) is 5.41 Å². The average molecular weight is 514 g/mol. The van der Waals surface area contributed by atoms with Crippen LogP contribution < -0.4 is 25.8 Å². The number of amides is 1. The van der Waals surface area contributed by atoms with Crippen molar-refractivity contribution >= 4 is 34.2 Å². The van der Waals surface area contributed by atoms with E-state index < -0.39 is 5.91 Å². The van der Waals surface area contributed by atoms with Gasteiger partial charge in [-0.05, 0) is 47.5 Å². The van der Waals surface area contributed by atoms with E-state index in [0.29, 0.717) is 27.8 Å². The van der Waals surface area contributed by atoms with Crippen molar-refractivity contribution in [1.82, 2.24) is 19.3 Å². The number of nitrogens with one attached hydrogen (secondary N) is 2. The second-order valence-electron chi connectivity index (χ2n) is 8.54. The van der Waals surface area contributed by atoms with Gasteiger partial charge in [0.1, 0.15) is 16.8 Å². The van der Waals surface area contributed by atoms with Gasteiger partial charge in [-0.15, -0.1) is 0 Å². The van der Waals surface area contributed by atoms with Crippen LogP contribution in [0.3, 0.4) is 0 Å². The Hall–Kier alpha value is -4.63. The summed E-state index contributed by atoms with van der Waals surface area (Å²) < 4.78 is 13.7. The van der Waals surface area contributed by atoms with Crippen molar-refractivity contribution in [2.75, 3.05) is 6.79 Å². The smallest absolute Gasteiger partial charge is 0.267 e. The summed E-state index contributed by atoms with van der Waals surface area (Å²) >= 11 is 6.40. The summed E-state index contributed by atoms with van der Waals surface area (Å²) in [4.78, 5) is 31.4. The maximum absolute atomic E-state index is 13.4. The van der Waals surface area contributed by atoms with Crippen LogP contribution in [0, 0.1) is 5.41 Å². The molecule has 6 rings (SSSR count). The summed E-state index contributed by atoms with van der Waals surface area (Å²) in [5.41, 5.74) is 1.91. The number of rotatable bonds is 5. The molecule has 1 amide bonds. The topological polar surface area (TPSA) is 111 Å². The molecule has 0 saturated heterocycles. The maximum Gasteiger partial charge on any atom is 0.267 e. The molecule has 0 fully saturated rings. The minimum atomic E-state index is -0.491. The molecule has 0 atom stereocenters. The Morgan fingerprint density at radius 2 is 1.86 bits per heavy atom. The Morgan fingerprint density at radius 3 is 2.73 bits per heavy atom. The first-order valence-corrected chi connectivity index (χ1v) is 11.9. The number of carbonyl (C=O) groups excluding carboxylic acids is 1. The molecule has 0 bridgehead atoms. The van der Waals surface area contributed by atoms with Crippen LogP contribution in [-0.4, -0.2) is 26.7 Å². The third-order valence-corrected chi connectivity index (χ3v) is 6.61. The quantitative estimate of drug-likeness (QED) is 0.349. The number of pyridine rings is 2. The number of hydrogen-bond donors (Lipinski definition) is 2. The molecule has 0 radical (unpaired) electrons. The number of benzene rings is 2. The number of hydrogen-bond acceptors (Lipinski definition) is 6. The summed E-state index contributed by atoms with van der Waals surface area (Å²) in [5, 5.41) is 12.5. The van der Waals surface area contributed by atoms with Crippen LogP contribution in [0.5, 0.6) is 11.5 Å². The van der Waals surface area contributed by atoms with Crippen LogP contribution in [0.25, 0.3) is 16.7 Å². The van der Waals surface area contributed by atoms with E-state index in [1.165, 1.54) is 10.5 Å². The van der Waals surface area contributed by atoms with Gasteiger partial charge in [-0.3, -0.25) is 19.4 Å². The van der Waals surface area contributed by atoms with E-state index in [1.54, 1.807) is 47.2 Å². The fourth-order valence-corrected chi connectivity index (χ4v) is 4.54. The molecule has 0 unspecified atom stereocenters. The highest BCUT2D eigenvalue weighted by Crippen LogP contribution is 2.32. The molecule has 2 aromatic carbocycles. The predicted octanol–water partition coefficient (Wildman–Crippen LogP) is 3.49. The van der Waals surface area contributed by atoms with Crippen molar-refractivity contribution < 1.29 is 14.3 Å². The Labute approximate surface area is 215 Å². The van der Waals surface area contributed by atoms with E-state index in [9.17, 15) is 9.59 Å². The van der Waals surface area contributed by atoms with Crippen LogP contribution in [0.2, 0.25) is 5.02 Å². The summed E-state index contributed by atoms with van der Waals surface area (Å²) in [6.07, 6.45) is 1.62. The summed E-state index contributed by atoms with van der Waals surface area (Å²) in [6, 6.07) is 19.3. The highest BCUT2D eigenvalue weighted by molar-refractivity contribution is 6.31. The second-order valence-corrected chi connectivity index (χ2v) is 8.94. The summed E-state index contributed by atoms with van der Waals surface area (Å²) in [7, 11) is 0. The molecule has 1 aliphatic heterocycles. The number of aromatic nitrogens is 3. The van der Waals surface area contributed by atoms with E-state index in [1.807, 2.05) is 24.3 Å². The predicted molar refractivity (Wildman–Crippen MR) is 137 cm³/mol. The molecular formula is C27H20ClN5O4. The van der Waals surface area contributed by atoms with Gasteiger partial charge in [0.15, 0.2) is 11.5 Å². The highest BCUT2D eigenvalue weighted by Gasteiger charge is 2.19. The van der Waals surface area contributed by atoms with Crippen molar-refractivity contribution in [3.63, 3.8) is 0 Å². The van der Waals surface area contributed by atoms with Crippen molar-refractivity contribution in [3.8, 4) is 11.5 Å². The van der Waals surface area contributed by atoms with E-state index in [0.717, 1.165) is 11.1 Å². The largest absolute Gasteiger partial charge is 0.454 e. The molecule has 0 saturated carbocycles. The first-order chi connectivity index (χ1) is 18.0. The fraction of sp³-hybridized carbons (Fsp3) is 0.111. The molecule has 184 valence electrons. The molecule has 1 aliphatic rings. The molecule has 0 aliphatic carbocycles. The minimum absolute atomic E-state index is 0.0510. The molecule has 37 heavy (non-hydrogen) atoms. The monoisotopic (exact) mass is 513 g/mol. The average Bonchev–Trinajstić information content (AvgIpc) is 3.38. The van der Waals surface area contributed by atoms with Crippen LogP contribution in [0.15, 0.2) is 77.7 Å². The van der Waals surface area contributed by atoms with E-state index in [4.69, 9.17) is 26.5 Å². The zero-order valence-corrected chi connectivity index (χ0v) is 20.2. The molecular weight excluding hydrogens is 494 g/mol. The van der Waals surface area contributed by atoms with E-state index in [-0.39, 0.29) is 41.9 Å². The number of fused-ring (bicyclic) bond motifs is 3. The fourth-order valence-electron chi connectivity index (χ4n) is 4.34. The SMILES string of the molecule is N=c1c(C(=O)NCc2ccc3c(c2)OCO3)cc2c(=O)n3ccccc3nc2n1Cc1ccccc1Cl. The first kappa shape index (κ1) is 22.8. The zero-order valence-electron chi connectivity index (χ0n) is 19.4. The summed E-state index contributed by atoms with van der Waals surface area (Å²) in [5.74, 6) is 0.774.